The van der Waals surface area contributed by atoms with Gasteiger partial charge in [-0.1, -0.05) is 0 Å². The summed E-state index contributed by atoms with van der Waals surface area (Å²) in [6.45, 7) is 3.11. The second kappa shape index (κ2) is 5.60. The van der Waals surface area contributed by atoms with E-state index in [4.69, 9.17) is 5.73 Å². The summed E-state index contributed by atoms with van der Waals surface area (Å²) in [5.41, 5.74) is 8.17. The van der Waals surface area contributed by atoms with Crippen LogP contribution in [0, 0.1) is 5.82 Å². The van der Waals surface area contributed by atoms with Gasteiger partial charge in [0.25, 0.3) is 0 Å². The molecule has 1 unspecified atom stereocenters. The second-order valence-electron chi connectivity index (χ2n) is 6.17. The minimum absolute atomic E-state index is 0.153. The number of nitrogens with zero attached hydrogens (tertiary/aromatic N) is 2. The summed E-state index contributed by atoms with van der Waals surface area (Å²) in [5.74, 6) is -0.153. The molecule has 2 aliphatic rings. The maximum absolute atomic E-state index is 14.2. The number of nitrogens with two attached hydrogens (primary N) is 1. The molecule has 1 atom stereocenters. The molecule has 0 bridgehead atoms. The number of fused-ring (bicyclic) bond motifs is 1. The van der Waals surface area contributed by atoms with Crippen LogP contribution in [0.15, 0.2) is 12.1 Å². The summed E-state index contributed by atoms with van der Waals surface area (Å²) in [4.78, 5) is 4.66. The molecule has 0 amide bonds. The third-order valence-corrected chi connectivity index (χ3v) is 4.76. The van der Waals surface area contributed by atoms with Crippen molar-refractivity contribution < 1.29 is 4.39 Å². The fourth-order valence-electron chi connectivity index (χ4n) is 3.67. The SMILES string of the molecule is CN1CCCC1CCN1CCCc2cc(N)cc(F)c21. The summed E-state index contributed by atoms with van der Waals surface area (Å²) in [6.07, 6.45) is 5.73. The monoisotopic (exact) mass is 277 g/mol. The van der Waals surface area contributed by atoms with Crippen LogP contribution in [0.4, 0.5) is 15.8 Å². The van der Waals surface area contributed by atoms with Crippen LogP contribution in [0.3, 0.4) is 0 Å². The number of halogens is 1. The van der Waals surface area contributed by atoms with Crippen LogP contribution in [0.25, 0.3) is 0 Å². The quantitative estimate of drug-likeness (QED) is 0.862. The number of hydrogen-bond donors (Lipinski definition) is 1. The first-order chi connectivity index (χ1) is 9.65. The lowest BCUT2D eigenvalue weighted by Crippen LogP contribution is -2.35. The second-order valence-corrected chi connectivity index (χ2v) is 6.17. The number of benzene rings is 1. The number of nitrogen functional groups attached to an aromatic ring is 1. The molecule has 2 aliphatic heterocycles. The Labute approximate surface area is 120 Å². The average molecular weight is 277 g/mol. The molecule has 1 fully saturated rings. The van der Waals surface area contributed by atoms with Gasteiger partial charge in [0.2, 0.25) is 0 Å². The van der Waals surface area contributed by atoms with E-state index in [-0.39, 0.29) is 5.82 Å². The van der Waals surface area contributed by atoms with Crippen LogP contribution in [0.1, 0.15) is 31.2 Å². The predicted octanol–water partition coefficient (Wildman–Crippen LogP) is 2.64. The Balaban J connectivity index is 1.73. The molecule has 1 saturated heterocycles. The van der Waals surface area contributed by atoms with Crippen molar-refractivity contribution in [1.29, 1.82) is 0 Å². The highest BCUT2D eigenvalue weighted by Gasteiger charge is 2.25. The van der Waals surface area contributed by atoms with E-state index in [0.717, 1.165) is 43.6 Å². The van der Waals surface area contributed by atoms with Gasteiger partial charge in [-0.2, -0.15) is 0 Å². The van der Waals surface area contributed by atoms with Gasteiger partial charge in [-0.3, -0.25) is 0 Å². The maximum atomic E-state index is 14.2. The molecule has 0 aliphatic carbocycles. The standard InChI is InChI=1S/C16H24FN3/c1-19-7-3-5-14(19)6-9-20-8-2-4-12-10-13(18)11-15(17)16(12)20/h10-11,14H,2-9,18H2,1H3. The Morgan fingerprint density at radius 1 is 1.30 bits per heavy atom. The molecular formula is C16H24FN3. The molecule has 0 radical (unpaired) electrons. The van der Waals surface area contributed by atoms with E-state index in [1.807, 2.05) is 6.07 Å². The minimum atomic E-state index is -0.153. The van der Waals surface area contributed by atoms with E-state index in [2.05, 4.69) is 16.8 Å². The van der Waals surface area contributed by atoms with Gasteiger partial charge >= 0.3 is 0 Å². The van der Waals surface area contributed by atoms with Gasteiger partial charge < -0.3 is 15.5 Å². The molecular weight excluding hydrogens is 253 g/mol. The van der Waals surface area contributed by atoms with Gasteiger partial charge in [-0.25, -0.2) is 4.39 Å². The lowest BCUT2D eigenvalue weighted by molar-refractivity contribution is 0.297. The van der Waals surface area contributed by atoms with E-state index in [0.29, 0.717) is 11.7 Å². The minimum Gasteiger partial charge on any atom is -0.399 e. The highest BCUT2D eigenvalue weighted by molar-refractivity contribution is 5.62. The molecule has 2 N–H and O–H groups in total. The van der Waals surface area contributed by atoms with Crippen molar-refractivity contribution in [3.05, 3.63) is 23.5 Å². The molecule has 1 aromatic rings. The van der Waals surface area contributed by atoms with Crippen LogP contribution in [0.5, 0.6) is 0 Å². The summed E-state index contributed by atoms with van der Waals surface area (Å²) in [7, 11) is 2.20. The maximum Gasteiger partial charge on any atom is 0.148 e. The van der Waals surface area contributed by atoms with Crippen LogP contribution in [-0.2, 0) is 6.42 Å². The van der Waals surface area contributed by atoms with Gasteiger partial charge in [-0.15, -0.1) is 0 Å². The van der Waals surface area contributed by atoms with Crippen molar-refractivity contribution in [2.24, 2.45) is 0 Å². The molecule has 2 heterocycles. The van der Waals surface area contributed by atoms with Crippen LogP contribution >= 0.6 is 0 Å². The molecule has 3 nitrogen and oxygen atoms in total. The Bertz CT molecular complexity index is 489. The van der Waals surface area contributed by atoms with Crippen molar-refractivity contribution in [3.63, 3.8) is 0 Å². The molecule has 110 valence electrons. The smallest absolute Gasteiger partial charge is 0.148 e. The molecule has 0 saturated carbocycles. The number of anilines is 2. The first-order valence-electron chi connectivity index (χ1n) is 7.68. The molecule has 20 heavy (non-hydrogen) atoms. The molecule has 4 heteroatoms. The average Bonchev–Trinajstić information content (AvgIpc) is 2.81. The molecule has 3 rings (SSSR count). The summed E-state index contributed by atoms with van der Waals surface area (Å²) in [5, 5.41) is 0. The summed E-state index contributed by atoms with van der Waals surface area (Å²) < 4.78 is 14.2. The van der Waals surface area contributed by atoms with Crippen molar-refractivity contribution >= 4 is 11.4 Å². The number of hydrogen-bond acceptors (Lipinski definition) is 3. The number of aryl methyl sites for hydroxylation is 1. The first-order valence-corrected chi connectivity index (χ1v) is 7.68. The topological polar surface area (TPSA) is 32.5 Å². The van der Waals surface area contributed by atoms with Crippen molar-refractivity contribution in [2.45, 2.75) is 38.1 Å². The number of likely N-dealkylation sites (tertiary alicyclic amines) is 1. The normalized spacial score (nSPS) is 23.1. The first kappa shape index (κ1) is 13.7. The Morgan fingerprint density at radius 3 is 2.90 bits per heavy atom. The van der Waals surface area contributed by atoms with E-state index >= 15 is 0 Å². The third-order valence-electron chi connectivity index (χ3n) is 4.76. The molecule has 0 spiro atoms. The van der Waals surface area contributed by atoms with E-state index < -0.39 is 0 Å². The highest BCUT2D eigenvalue weighted by atomic mass is 19.1. The zero-order valence-electron chi connectivity index (χ0n) is 12.2. The van der Waals surface area contributed by atoms with Crippen molar-refractivity contribution in [3.8, 4) is 0 Å². The molecule has 0 aromatic heterocycles. The van der Waals surface area contributed by atoms with Crippen LogP contribution < -0.4 is 10.6 Å². The summed E-state index contributed by atoms with van der Waals surface area (Å²) >= 11 is 0. The third kappa shape index (κ3) is 2.62. The van der Waals surface area contributed by atoms with E-state index in [9.17, 15) is 4.39 Å². The van der Waals surface area contributed by atoms with Crippen molar-refractivity contribution in [2.75, 3.05) is 37.3 Å². The van der Waals surface area contributed by atoms with Gasteiger partial charge in [0.05, 0.1) is 5.69 Å². The summed E-state index contributed by atoms with van der Waals surface area (Å²) in [6, 6.07) is 4.06. The van der Waals surface area contributed by atoms with Gasteiger partial charge in [0.1, 0.15) is 5.82 Å². The molecule has 1 aromatic carbocycles. The highest BCUT2D eigenvalue weighted by Crippen LogP contribution is 2.32. The predicted molar refractivity (Wildman–Crippen MR) is 81.6 cm³/mol. The van der Waals surface area contributed by atoms with Gasteiger partial charge in [-0.05, 0) is 63.4 Å². The lowest BCUT2D eigenvalue weighted by Gasteiger charge is -2.33. The van der Waals surface area contributed by atoms with Crippen LogP contribution in [0.2, 0.25) is 0 Å². The Kier molecular flexibility index (Phi) is 3.83. The van der Waals surface area contributed by atoms with Gasteiger partial charge in [0.15, 0.2) is 0 Å². The Morgan fingerprint density at radius 2 is 2.15 bits per heavy atom. The largest absolute Gasteiger partial charge is 0.399 e. The number of rotatable bonds is 3. The fraction of sp³-hybridized carbons (Fsp3) is 0.625. The lowest BCUT2D eigenvalue weighted by atomic mass is 9.99. The van der Waals surface area contributed by atoms with Crippen LogP contribution in [-0.4, -0.2) is 37.6 Å². The van der Waals surface area contributed by atoms with Crippen molar-refractivity contribution in [1.82, 2.24) is 4.90 Å². The fourth-order valence-corrected chi connectivity index (χ4v) is 3.67. The van der Waals surface area contributed by atoms with E-state index in [1.165, 1.54) is 25.5 Å². The van der Waals surface area contributed by atoms with E-state index in [1.54, 1.807) is 0 Å². The Hall–Kier alpha value is -1.29. The zero-order valence-corrected chi connectivity index (χ0v) is 12.2. The zero-order chi connectivity index (χ0) is 14.1. The van der Waals surface area contributed by atoms with Gasteiger partial charge in [0, 0.05) is 24.8 Å².